The largest absolute Gasteiger partial charge is 1.00 e. The summed E-state index contributed by atoms with van der Waals surface area (Å²) in [6, 6.07) is 4.24. The molecule has 1 unspecified atom stereocenters. The van der Waals surface area contributed by atoms with Gasteiger partial charge in [0, 0.05) is 32.4 Å². The first kappa shape index (κ1) is 20.9. The predicted molar refractivity (Wildman–Crippen MR) is 81.4 cm³/mol. The van der Waals surface area contributed by atoms with E-state index in [0.29, 0.717) is 31.9 Å². The van der Waals surface area contributed by atoms with Crippen molar-refractivity contribution in [2.24, 2.45) is 0 Å². The number of hydrogen-bond donors (Lipinski definition) is 0. The Labute approximate surface area is 164 Å². The Kier molecular flexibility index (Phi) is 7.66. The van der Waals surface area contributed by atoms with Crippen LogP contribution in [0.25, 0.3) is 0 Å². The predicted octanol–water partition coefficient (Wildman–Crippen LogP) is -2.57. The third kappa shape index (κ3) is 5.73. The SMILES string of the molecule is CC(C)(C)OC(=O)N1CCN(C(C(=O)[O-])c2ccccn2)CC1.[Na+]. The molecule has 1 amide bonds. The van der Waals surface area contributed by atoms with Gasteiger partial charge in [0.1, 0.15) is 5.60 Å². The van der Waals surface area contributed by atoms with Crippen molar-refractivity contribution in [1.29, 1.82) is 0 Å². The first-order valence-electron chi connectivity index (χ1n) is 7.62. The summed E-state index contributed by atoms with van der Waals surface area (Å²) < 4.78 is 5.33. The molecule has 0 N–H and O–H groups in total. The average Bonchev–Trinajstić information content (AvgIpc) is 2.47. The van der Waals surface area contributed by atoms with Gasteiger partial charge in [-0.2, -0.15) is 0 Å². The summed E-state index contributed by atoms with van der Waals surface area (Å²) in [5.41, 5.74) is -0.103. The molecule has 1 aromatic heterocycles. The fraction of sp³-hybridized carbons (Fsp3) is 0.562. The minimum atomic E-state index is -1.19. The van der Waals surface area contributed by atoms with E-state index in [1.54, 1.807) is 34.2 Å². The molecule has 0 aromatic carbocycles. The molecular weight excluding hydrogens is 321 g/mol. The number of rotatable bonds is 3. The molecule has 2 heterocycles. The van der Waals surface area contributed by atoms with Crippen molar-refractivity contribution in [2.45, 2.75) is 32.4 Å². The number of pyridine rings is 1. The Balaban J connectivity index is 0.00000288. The van der Waals surface area contributed by atoms with Crippen LogP contribution >= 0.6 is 0 Å². The molecule has 0 spiro atoms. The van der Waals surface area contributed by atoms with E-state index in [0.717, 1.165) is 0 Å². The topological polar surface area (TPSA) is 85.8 Å². The molecule has 0 radical (unpaired) electrons. The van der Waals surface area contributed by atoms with E-state index in [2.05, 4.69) is 4.98 Å². The van der Waals surface area contributed by atoms with E-state index in [4.69, 9.17) is 4.74 Å². The molecule has 7 nitrogen and oxygen atoms in total. The Morgan fingerprint density at radius 3 is 2.29 bits per heavy atom. The fourth-order valence-electron chi connectivity index (χ4n) is 2.48. The van der Waals surface area contributed by atoms with Crippen LogP contribution in [0.1, 0.15) is 32.5 Å². The van der Waals surface area contributed by atoms with E-state index in [-0.39, 0.29) is 35.7 Å². The number of carbonyl (C=O) groups excluding carboxylic acids is 2. The van der Waals surface area contributed by atoms with Crippen LogP contribution in [-0.2, 0) is 9.53 Å². The van der Waals surface area contributed by atoms with Crippen LogP contribution in [-0.4, -0.2) is 58.6 Å². The van der Waals surface area contributed by atoms with Gasteiger partial charge in [-0.05, 0) is 32.9 Å². The monoisotopic (exact) mass is 343 g/mol. The molecule has 1 aliphatic heterocycles. The Morgan fingerprint density at radius 2 is 1.83 bits per heavy atom. The van der Waals surface area contributed by atoms with Crippen LogP contribution in [0.15, 0.2) is 24.4 Å². The normalized spacial score (nSPS) is 16.9. The zero-order chi connectivity index (χ0) is 17.0. The molecular formula is C16H22N3NaO4. The van der Waals surface area contributed by atoms with Gasteiger partial charge in [-0.1, -0.05) is 6.07 Å². The van der Waals surface area contributed by atoms with Gasteiger partial charge in [-0.3, -0.25) is 9.88 Å². The van der Waals surface area contributed by atoms with Crippen molar-refractivity contribution in [3.8, 4) is 0 Å². The molecule has 0 saturated carbocycles. The number of amides is 1. The van der Waals surface area contributed by atoms with Crippen molar-refractivity contribution in [2.75, 3.05) is 26.2 Å². The van der Waals surface area contributed by atoms with E-state index in [1.807, 2.05) is 20.8 Å². The van der Waals surface area contributed by atoms with Crippen LogP contribution in [0.4, 0.5) is 4.79 Å². The molecule has 0 bridgehead atoms. The second-order valence-electron chi connectivity index (χ2n) is 6.48. The van der Waals surface area contributed by atoms with E-state index in [1.165, 1.54) is 0 Å². The van der Waals surface area contributed by atoms with Crippen molar-refractivity contribution in [3.05, 3.63) is 30.1 Å². The summed E-state index contributed by atoms with van der Waals surface area (Å²) in [5.74, 6) is -1.19. The van der Waals surface area contributed by atoms with Gasteiger partial charge in [0.25, 0.3) is 0 Å². The molecule has 0 aliphatic carbocycles. The van der Waals surface area contributed by atoms with Gasteiger partial charge >= 0.3 is 35.7 Å². The van der Waals surface area contributed by atoms with Crippen LogP contribution in [0.3, 0.4) is 0 Å². The summed E-state index contributed by atoms with van der Waals surface area (Å²) in [6.45, 7) is 7.11. The second kappa shape index (κ2) is 8.80. The Morgan fingerprint density at radius 1 is 1.21 bits per heavy atom. The maximum Gasteiger partial charge on any atom is 1.00 e. The van der Waals surface area contributed by atoms with Crippen LogP contribution < -0.4 is 34.7 Å². The second-order valence-corrected chi connectivity index (χ2v) is 6.48. The van der Waals surface area contributed by atoms with Crippen molar-refractivity contribution in [1.82, 2.24) is 14.8 Å². The number of carbonyl (C=O) groups is 2. The number of ether oxygens (including phenoxy) is 1. The number of carboxylic acid groups (broad SMARTS) is 1. The van der Waals surface area contributed by atoms with Crippen molar-refractivity contribution >= 4 is 12.1 Å². The average molecular weight is 343 g/mol. The Hall–Kier alpha value is -1.15. The van der Waals surface area contributed by atoms with Crippen molar-refractivity contribution < 1.29 is 49.0 Å². The maximum atomic E-state index is 12.0. The standard InChI is InChI=1S/C16H23N3O4.Na/c1-16(2,3)23-15(22)19-10-8-18(9-11-19)13(14(20)21)12-6-4-5-7-17-12;/h4-7,13H,8-11H2,1-3H3,(H,20,21);/q;+1/p-1. The summed E-state index contributed by atoms with van der Waals surface area (Å²) in [4.78, 5) is 31.0. The number of nitrogens with zero attached hydrogens (tertiary/aromatic N) is 3. The van der Waals surface area contributed by atoms with Gasteiger partial charge < -0.3 is 19.5 Å². The van der Waals surface area contributed by atoms with E-state index < -0.39 is 17.6 Å². The Bertz CT molecular complexity index is 554. The maximum absolute atomic E-state index is 12.0. The fourth-order valence-corrected chi connectivity index (χ4v) is 2.48. The number of aromatic nitrogens is 1. The molecule has 1 aliphatic rings. The zero-order valence-corrected chi connectivity index (χ0v) is 16.7. The summed E-state index contributed by atoms with van der Waals surface area (Å²) in [6.07, 6.45) is 1.18. The first-order valence-corrected chi connectivity index (χ1v) is 7.62. The van der Waals surface area contributed by atoms with Gasteiger partial charge in [0.15, 0.2) is 0 Å². The number of aliphatic carboxylic acids is 1. The van der Waals surface area contributed by atoms with Crippen LogP contribution in [0.2, 0.25) is 0 Å². The van der Waals surface area contributed by atoms with Crippen LogP contribution in [0, 0.1) is 0 Å². The zero-order valence-electron chi connectivity index (χ0n) is 14.7. The summed E-state index contributed by atoms with van der Waals surface area (Å²) in [7, 11) is 0. The molecule has 8 heteroatoms. The van der Waals surface area contributed by atoms with Crippen molar-refractivity contribution in [3.63, 3.8) is 0 Å². The van der Waals surface area contributed by atoms with E-state index >= 15 is 0 Å². The number of hydrogen-bond acceptors (Lipinski definition) is 6. The van der Waals surface area contributed by atoms with Gasteiger partial charge in [-0.15, -0.1) is 0 Å². The third-order valence-corrected chi connectivity index (χ3v) is 3.52. The van der Waals surface area contributed by atoms with E-state index in [9.17, 15) is 14.7 Å². The van der Waals surface area contributed by atoms with Crippen LogP contribution in [0.5, 0.6) is 0 Å². The van der Waals surface area contributed by atoms with Gasteiger partial charge in [0.2, 0.25) is 0 Å². The molecule has 1 saturated heterocycles. The molecule has 1 aromatic rings. The molecule has 2 rings (SSSR count). The molecule has 24 heavy (non-hydrogen) atoms. The minimum Gasteiger partial charge on any atom is -0.548 e. The quantitative estimate of drug-likeness (QED) is 0.561. The smallest absolute Gasteiger partial charge is 0.548 e. The molecule has 1 atom stereocenters. The number of carboxylic acids is 1. The number of piperazine rings is 1. The van der Waals surface area contributed by atoms with Gasteiger partial charge in [0.05, 0.1) is 17.7 Å². The third-order valence-electron chi connectivity index (χ3n) is 3.52. The minimum absolute atomic E-state index is 0. The van der Waals surface area contributed by atoms with Gasteiger partial charge in [-0.25, -0.2) is 4.79 Å². The first-order chi connectivity index (χ1) is 10.8. The summed E-state index contributed by atoms with van der Waals surface area (Å²) >= 11 is 0. The summed E-state index contributed by atoms with van der Waals surface area (Å²) in [5, 5.41) is 11.5. The molecule has 1 fully saturated rings. The molecule has 126 valence electrons.